The van der Waals surface area contributed by atoms with Gasteiger partial charge in [-0.3, -0.25) is 4.79 Å². The van der Waals surface area contributed by atoms with Gasteiger partial charge >= 0.3 is 5.97 Å². The van der Waals surface area contributed by atoms with Crippen molar-refractivity contribution >= 4 is 17.7 Å². The van der Waals surface area contributed by atoms with Gasteiger partial charge in [-0.15, -0.1) is 0 Å². The third-order valence-corrected chi connectivity index (χ3v) is 4.47. The van der Waals surface area contributed by atoms with E-state index in [-0.39, 0.29) is 5.41 Å². The minimum atomic E-state index is -0.621. The van der Waals surface area contributed by atoms with Gasteiger partial charge in [-0.05, 0) is 48.5 Å². The molecule has 0 unspecified atom stereocenters. The molecule has 0 spiro atoms. The summed E-state index contributed by atoms with van der Waals surface area (Å²) in [5, 5.41) is 8.70. The molecule has 2 rings (SSSR count). The van der Waals surface area contributed by atoms with Crippen molar-refractivity contribution in [1.29, 1.82) is 0 Å². The molecule has 0 saturated heterocycles. The zero-order valence-corrected chi connectivity index (χ0v) is 8.61. The Bertz CT molecular complexity index is 207. The predicted octanol–water partition coefficient (Wildman–Crippen LogP) is 2.38. The van der Waals surface area contributed by atoms with Gasteiger partial charge in [-0.25, -0.2) is 0 Å². The van der Waals surface area contributed by atoms with Crippen molar-refractivity contribution in [1.82, 2.24) is 0 Å². The van der Waals surface area contributed by atoms with Crippen LogP contribution in [0, 0.1) is 11.3 Å². The normalized spacial score (nSPS) is 24.3. The number of hydrogen-bond acceptors (Lipinski definition) is 2. The molecule has 0 bridgehead atoms. The van der Waals surface area contributed by atoms with Gasteiger partial charge in [0.2, 0.25) is 0 Å². The zero-order valence-electron chi connectivity index (χ0n) is 7.79. The van der Waals surface area contributed by atoms with E-state index in [1.807, 2.05) is 11.8 Å². The fourth-order valence-electron chi connectivity index (χ4n) is 1.60. The fourth-order valence-corrected chi connectivity index (χ4v) is 3.20. The van der Waals surface area contributed by atoms with Gasteiger partial charge in [0.25, 0.3) is 0 Å². The Morgan fingerprint density at radius 2 is 2.15 bits per heavy atom. The van der Waals surface area contributed by atoms with Crippen molar-refractivity contribution in [3.05, 3.63) is 0 Å². The molecule has 3 heteroatoms. The maximum absolute atomic E-state index is 10.6. The SMILES string of the molecule is O=C(O)CC1(CSCC2CC2)CC1. The third-order valence-electron chi connectivity index (χ3n) is 2.94. The summed E-state index contributed by atoms with van der Waals surface area (Å²) in [6.45, 7) is 0. The summed E-state index contributed by atoms with van der Waals surface area (Å²) >= 11 is 1.97. The van der Waals surface area contributed by atoms with Crippen LogP contribution in [0.4, 0.5) is 0 Å². The van der Waals surface area contributed by atoms with Crippen molar-refractivity contribution in [2.24, 2.45) is 11.3 Å². The van der Waals surface area contributed by atoms with Crippen molar-refractivity contribution in [2.75, 3.05) is 11.5 Å². The summed E-state index contributed by atoms with van der Waals surface area (Å²) in [6.07, 6.45) is 5.47. The summed E-state index contributed by atoms with van der Waals surface area (Å²) in [7, 11) is 0. The van der Waals surface area contributed by atoms with Crippen LogP contribution < -0.4 is 0 Å². The highest BCUT2D eigenvalue weighted by Crippen LogP contribution is 2.51. The number of rotatable bonds is 6. The molecule has 2 aliphatic carbocycles. The quantitative estimate of drug-likeness (QED) is 0.715. The van der Waals surface area contributed by atoms with Crippen molar-refractivity contribution in [2.45, 2.75) is 32.1 Å². The van der Waals surface area contributed by atoms with Gasteiger partial charge in [0, 0.05) is 0 Å². The Balaban J connectivity index is 1.64. The highest BCUT2D eigenvalue weighted by molar-refractivity contribution is 7.99. The first-order chi connectivity index (χ1) is 6.20. The first kappa shape index (κ1) is 9.38. The lowest BCUT2D eigenvalue weighted by Crippen LogP contribution is -2.11. The molecule has 0 atom stereocenters. The van der Waals surface area contributed by atoms with E-state index in [0.29, 0.717) is 6.42 Å². The molecule has 13 heavy (non-hydrogen) atoms. The molecule has 0 amide bonds. The van der Waals surface area contributed by atoms with Crippen LogP contribution in [0.1, 0.15) is 32.1 Å². The number of aliphatic carboxylic acids is 1. The smallest absolute Gasteiger partial charge is 0.303 e. The van der Waals surface area contributed by atoms with Crippen molar-refractivity contribution in [3.8, 4) is 0 Å². The van der Waals surface area contributed by atoms with Gasteiger partial charge in [0.1, 0.15) is 0 Å². The molecule has 1 N–H and O–H groups in total. The number of carboxylic acids is 1. The maximum Gasteiger partial charge on any atom is 0.303 e. The lowest BCUT2D eigenvalue weighted by molar-refractivity contribution is -0.138. The lowest BCUT2D eigenvalue weighted by Gasteiger charge is -2.10. The minimum Gasteiger partial charge on any atom is -0.481 e. The molecule has 2 nitrogen and oxygen atoms in total. The lowest BCUT2D eigenvalue weighted by atomic mass is 10.1. The molecule has 2 saturated carbocycles. The van der Waals surface area contributed by atoms with E-state index in [4.69, 9.17) is 5.11 Å². The Hall–Kier alpha value is -0.180. The number of hydrogen-bond donors (Lipinski definition) is 1. The minimum absolute atomic E-state index is 0.200. The highest BCUT2D eigenvalue weighted by Gasteiger charge is 2.44. The summed E-state index contributed by atoms with van der Waals surface area (Å²) in [5.74, 6) is 2.69. The standard InChI is InChI=1S/C10H16O2S/c11-9(12)5-10(3-4-10)7-13-6-8-1-2-8/h8H,1-7H2,(H,11,12). The molecule has 2 aliphatic rings. The van der Waals surface area contributed by atoms with Crippen LogP contribution in [0.3, 0.4) is 0 Å². The van der Waals surface area contributed by atoms with E-state index in [1.165, 1.54) is 18.6 Å². The Labute approximate surface area is 83.1 Å². The first-order valence-corrected chi connectivity index (χ1v) is 6.15. The zero-order chi connectivity index (χ0) is 9.31. The Morgan fingerprint density at radius 3 is 2.62 bits per heavy atom. The summed E-state index contributed by atoms with van der Waals surface area (Å²) in [4.78, 5) is 10.6. The van der Waals surface area contributed by atoms with Crippen LogP contribution in [-0.4, -0.2) is 22.6 Å². The first-order valence-electron chi connectivity index (χ1n) is 5.00. The average Bonchev–Trinajstić information content (AvgIpc) is 2.86. The largest absolute Gasteiger partial charge is 0.481 e. The van der Waals surface area contributed by atoms with E-state index < -0.39 is 5.97 Å². The van der Waals surface area contributed by atoms with E-state index in [2.05, 4.69) is 0 Å². The van der Waals surface area contributed by atoms with E-state index in [9.17, 15) is 4.79 Å². The van der Waals surface area contributed by atoms with Crippen LogP contribution in [0.5, 0.6) is 0 Å². The van der Waals surface area contributed by atoms with E-state index in [1.54, 1.807) is 0 Å². The van der Waals surface area contributed by atoms with Gasteiger partial charge in [0.15, 0.2) is 0 Å². The topological polar surface area (TPSA) is 37.3 Å². The van der Waals surface area contributed by atoms with Gasteiger partial charge < -0.3 is 5.11 Å². The summed E-state index contributed by atoms with van der Waals surface area (Å²) in [6, 6.07) is 0. The number of thioether (sulfide) groups is 1. The highest BCUT2D eigenvalue weighted by atomic mass is 32.2. The summed E-state index contributed by atoms with van der Waals surface area (Å²) in [5.41, 5.74) is 0.200. The third kappa shape index (κ3) is 2.90. The van der Waals surface area contributed by atoms with Crippen LogP contribution in [0.2, 0.25) is 0 Å². The van der Waals surface area contributed by atoms with Gasteiger partial charge in [-0.1, -0.05) is 0 Å². The second-order valence-corrected chi connectivity index (χ2v) is 5.56. The molecule has 2 fully saturated rings. The number of carbonyl (C=O) groups is 1. The Kier molecular flexibility index (Phi) is 2.54. The van der Waals surface area contributed by atoms with E-state index in [0.717, 1.165) is 24.5 Å². The summed E-state index contributed by atoms with van der Waals surface area (Å²) < 4.78 is 0. The molecule has 0 aliphatic heterocycles. The molecular weight excluding hydrogens is 184 g/mol. The molecular formula is C10H16O2S. The Morgan fingerprint density at radius 1 is 1.46 bits per heavy atom. The van der Waals surface area contributed by atoms with Crippen LogP contribution in [-0.2, 0) is 4.79 Å². The van der Waals surface area contributed by atoms with E-state index >= 15 is 0 Å². The van der Waals surface area contributed by atoms with Crippen molar-refractivity contribution in [3.63, 3.8) is 0 Å². The van der Waals surface area contributed by atoms with Crippen LogP contribution in [0.15, 0.2) is 0 Å². The average molecular weight is 200 g/mol. The van der Waals surface area contributed by atoms with Gasteiger partial charge in [0.05, 0.1) is 6.42 Å². The van der Waals surface area contributed by atoms with Crippen molar-refractivity contribution < 1.29 is 9.90 Å². The van der Waals surface area contributed by atoms with Crippen LogP contribution in [0.25, 0.3) is 0 Å². The molecule has 0 heterocycles. The van der Waals surface area contributed by atoms with Gasteiger partial charge in [-0.2, -0.15) is 11.8 Å². The molecule has 0 radical (unpaired) electrons. The maximum atomic E-state index is 10.6. The molecule has 0 aromatic heterocycles. The van der Waals surface area contributed by atoms with Crippen LogP contribution >= 0.6 is 11.8 Å². The predicted molar refractivity (Wildman–Crippen MR) is 54.0 cm³/mol. The molecule has 0 aromatic carbocycles. The second kappa shape index (κ2) is 3.52. The fraction of sp³-hybridized carbons (Fsp3) is 0.900. The molecule has 74 valence electrons. The second-order valence-electron chi connectivity index (χ2n) is 4.53. The monoisotopic (exact) mass is 200 g/mol. The number of carboxylic acid groups (broad SMARTS) is 1. The molecule has 0 aromatic rings.